The molecular formula is C14H22BrN3O. The van der Waals surface area contributed by atoms with Crippen LogP contribution in [0.1, 0.15) is 11.6 Å². The smallest absolute Gasteiger partial charge is 0.123 e. The largest absolute Gasteiger partial charge is 0.496 e. The molecule has 1 aliphatic rings. The number of nitrogens with zero attached hydrogens (tertiary/aromatic N) is 1. The number of benzene rings is 1. The minimum absolute atomic E-state index is 0.232. The molecule has 1 heterocycles. The van der Waals surface area contributed by atoms with E-state index in [1.165, 1.54) is 5.56 Å². The van der Waals surface area contributed by atoms with Crippen molar-refractivity contribution in [2.24, 2.45) is 0 Å². The summed E-state index contributed by atoms with van der Waals surface area (Å²) in [6.07, 6.45) is 0. The Morgan fingerprint density at radius 3 is 2.95 bits per heavy atom. The van der Waals surface area contributed by atoms with Crippen molar-refractivity contribution in [2.45, 2.75) is 12.1 Å². The van der Waals surface area contributed by atoms with Gasteiger partial charge in [0.1, 0.15) is 5.75 Å². The number of halogens is 1. The van der Waals surface area contributed by atoms with Gasteiger partial charge in [0.15, 0.2) is 0 Å². The predicted octanol–water partition coefficient (Wildman–Crippen LogP) is 1.62. The summed E-state index contributed by atoms with van der Waals surface area (Å²) in [5.74, 6) is 0.928. The molecule has 0 amide bonds. The molecule has 2 rings (SSSR count). The zero-order chi connectivity index (χ0) is 13.8. The Morgan fingerprint density at radius 2 is 2.32 bits per heavy atom. The number of likely N-dealkylation sites (N-methyl/N-ethyl adjacent to an activating group) is 2. The molecule has 0 aliphatic carbocycles. The Morgan fingerprint density at radius 1 is 1.53 bits per heavy atom. The standard InChI is InChI=1S/C14H22BrN3O/c1-16-14(12-9-18(2)7-6-17-12)11-8-10(15)4-5-13(11)19-3/h4-5,8,12,14,16-17H,6-7,9H2,1-3H3. The maximum atomic E-state index is 5.50. The number of hydrogen-bond acceptors (Lipinski definition) is 4. The molecule has 106 valence electrons. The molecule has 5 heteroatoms. The van der Waals surface area contributed by atoms with Crippen molar-refractivity contribution >= 4 is 15.9 Å². The van der Waals surface area contributed by atoms with Crippen LogP contribution in [0.4, 0.5) is 0 Å². The summed E-state index contributed by atoms with van der Waals surface area (Å²) in [5.41, 5.74) is 1.19. The average Bonchev–Trinajstić information content (AvgIpc) is 2.40. The molecule has 1 aromatic carbocycles. The Labute approximate surface area is 123 Å². The first kappa shape index (κ1) is 14.8. The Balaban J connectivity index is 2.27. The summed E-state index contributed by atoms with van der Waals surface area (Å²) in [5, 5.41) is 7.02. The van der Waals surface area contributed by atoms with E-state index in [2.05, 4.69) is 44.6 Å². The predicted molar refractivity (Wildman–Crippen MR) is 81.8 cm³/mol. The highest BCUT2D eigenvalue weighted by molar-refractivity contribution is 9.10. The van der Waals surface area contributed by atoms with Crippen LogP contribution in [0.15, 0.2) is 22.7 Å². The van der Waals surface area contributed by atoms with E-state index in [0.29, 0.717) is 6.04 Å². The lowest BCUT2D eigenvalue weighted by molar-refractivity contribution is 0.208. The molecule has 4 nitrogen and oxygen atoms in total. The third kappa shape index (κ3) is 3.48. The fraction of sp³-hybridized carbons (Fsp3) is 0.571. The van der Waals surface area contributed by atoms with E-state index >= 15 is 0 Å². The monoisotopic (exact) mass is 327 g/mol. The quantitative estimate of drug-likeness (QED) is 0.881. The molecule has 2 unspecified atom stereocenters. The zero-order valence-corrected chi connectivity index (χ0v) is 13.3. The van der Waals surface area contributed by atoms with Crippen LogP contribution >= 0.6 is 15.9 Å². The van der Waals surface area contributed by atoms with Crippen LogP contribution in [0, 0.1) is 0 Å². The Hall–Kier alpha value is -0.620. The topological polar surface area (TPSA) is 36.5 Å². The van der Waals surface area contributed by atoms with Crippen molar-refractivity contribution in [3.05, 3.63) is 28.2 Å². The molecule has 1 saturated heterocycles. The van der Waals surface area contributed by atoms with Gasteiger partial charge in [-0.25, -0.2) is 0 Å². The van der Waals surface area contributed by atoms with E-state index < -0.39 is 0 Å². The first-order valence-electron chi connectivity index (χ1n) is 6.58. The van der Waals surface area contributed by atoms with Crippen LogP contribution in [-0.4, -0.2) is 51.8 Å². The third-order valence-electron chi connectivity index (χ3n) is 3.65. The second-order valence-electron chi connectivity index (χ2n) is 4.98. The highest BCUT2D eigenvalue weighted by atomic mass is 79.9. The molecule has 0 radical (unpaired) electrons. The van der Waals surface area contributed by atoms with E-state index in [0.717, 1.165) is 29.9 Å². The second-order valence-corrected chi connectivity index (χ2v) is 5.89. The van der Waals surface area contributed by atoms with Crippen LogP contribution in [0.25, 0.3) is 0 Å². The molecule has 0 aromatic heterocycles. The molecular weight excluding hydrogens is 306 g/mol. The van der Waals surface area contributed by atoms with E-state index in [9.17, 15) is 0 Å². The van der Waals surface area contributed by atoms with E-state index in [1.54, 1.807) is 7.11 Å². The highest BCUT2D eigenvalue weighted by Crippen LogP contribution is 2.30. The molecule has 2 N–H and O–H groups in total. The minimum atomic E-state index is 0.232. The van der Waals surface area contributed by atoms with Crippen molar-refractivity contribution in [1.29, 1.82) is 0 Å². The number of piperazine rings is 1. The lowest BCUT2D eigenvalue weighted by Crippen LogP contribution is -2.54. The maximum Gasteiger partial charge on any atom is 0.123 e. The maximum absolute atomic E-state index is 5.50. The number of methoxy groups -OCH3 is 1. The summed E-state index contributed by atoms with van der Waals surface area (Å²) < 4.78 is 6.58. The minimum Gasteiger partial charge on any atom is -0.496 e. The van der Waals surface area contributed by atoms with Gasteiger partial charge >= 0.3 is 0 Å². The lowest BCUT2D eigenvalue weighted by atomic mass is 9.97. The summed E-state index contributed by atoms with van der Waals surface area (Å²) in [4.78, 5) is 2.36. The molecule has 1 aliphatic heterocycles. The van der Waals surface area contributed by atoms with Gasteiger partial charge in [0.25, 0.3) is 0 Å². The highest BCUT2D eigenvalue weighted by Gasteiger charge is 2.27. The van der Waals surface area contributed by atoms with Crippen LogP contribution < -0.4 is 15.4 Å². The third-order valence-corrected chi connectivity index (χ3v) is 4.14. The summed E-state index contributed by atoms with van der Waals surface area (Å²) in [6, 6.07) is 6.77. The van der Waals surface area contributed by atoms with Gasteiger partial charge in [-0.2, -0.15) is 0 Å². The first-order valence-corrected chi connectivity index (χ1v) is 7.37. The average molecular weight is 328 g/mol. The summed E-state index contributed by atoms with van der Waals surface area (Å²) in [6.45, 7) is 3.15. The van der Waals surface area contributed by atoms with Crippen molar-refractivity contribution in [2.75, 3.05) is 40.8 Å². The molecule has 0 saturated carbocycles. The number of nitrogens with one attached hydrogen (secondary N) is 2. The van der Waals surface area contributed by atoms with Gasteiger partial charge in [-0.15, -0.1) is 0 Å². The van der Waals surface area contributed by atoms with Gasteiger partial charge in [-0.05, 0) is 32.3 Å². The summed E-state index contributed by atoms with van der Waals surface area (Å²) in [7, 11) is 5.89. The fourth-order valence-corrected chi connectivity index (χ4v) is 3.06. The van der Waals surface area contributed by atoms with Gasteiger partial charge in [-0.3, -0.25) is 0 Å². The molecule has 2 atom stereocenters. The van der Waals surface area contributed by atoms with Gasteiger partial charge in [0.2, 0.25) is 0 Å². The van der Waals surface area contributed by atoms with Gasteiger partial charge in [0, 0.05) is 35.7 Å². The van der Waals surface area contributed by atoms with Gasteiger partial charge in [-0.1, -0.05) is 15.9 Å². The second kappa shape index (κ2) is 6.70. The van der Waals surface area contributed by atoms with Crippen molar-refractivity contribution in [1.82, 2.24) is 15.5 Å². The van der Waals surface area contributed by atoms with Crippen molar-refractivity contribution in [3.63, 3.8) is 0 Å². The number of rotatable bonds is 4. The SMILES string of the molecule is CNC(c1cc(Br)ccc1OC)C1CN(C)CCN1. The van der Waals surface area contributed by atoms with Crippen molar-refractivity contribution < 1.29 is 4.74 Å². The fourth-order valence-electron chi connectivity index (χ4n) is 2.68. The number of ether oxygens (including phenoxy) is 1. The van der Waals surface area contributed by atoms with Crippen molar-refractivity contribution in [3.8, 4) is 5.75 Å². The van der Waals surface area contributed by atoms with Crippen LogP contribution in [0.2, 0.25) is 0 Å². The van der Waals surface area contributed by atoms with Crippen LogP contribution in [0.3, 0.4) is 0 Å². The summed E-state index contributed by atoms with van der Waals surface area (Å²) >= 11 is 3.54. The number of hydrogen-bond donors (Lipinski definition) is 2. The lowest BCUT2D eigenvalue weighted by Gasteiger charge is -2.36. The molecule has 1 fully saturated rings. The van der Waals surface area contributed by atoms with E-state index in [-0.39, 0.29) is 6.04 Å². The van der Waals surface area contributed by atoms with E-state index in [4.69, 9.17) is 4.74 Å². The first-order chi connectivity index (χ1) is 9.15. The Bertz CT molecular complexity index is 427. The van der Waals surface area contributed by atoms with Gasteiger partial charge < -0.3 is 20.3 Å². The normalized spacial score (nSPS) is 22.2. The molecule has 1 aromatic rings. The molecule has 0 spiro atoms. The van der Waals surface area contributed by atoms with Crippen LogP contribution in [-0.2, 0) is 0 Å². The molecule has 0 bridgehead atoms. The van der Waals surface area contributed by atoms with E-state index in [1.807, 2.05) is 19.2 Å². The van der Waals surface area contributed by atoms with Crippen LogP contribution in [0.5, 0.6) is 5.75 Å². The Kier molecular flexibility index (Phi) is 5.21. The van der Waals surface area contributed by atoms with Gasteiger partial charge in [0.05, 0.1) is 13.2 Å². The molecule has 19 heavy (non-hydrogen) atoms. The zero-order valence-electron chi connectivity index (χ0n) is 11.7.